The molecule has 0 aromatic carbocycles. The van der Waals surface area contributed by atoms with Crippen LogP contribution in [0.1, 0.15) is 32.6 Å². The van der Waals surface area contributed by atoms with Gasteiger partial charge < -0.3 is 15.4 Å². The smallest absolute Gasteiger partial charge is 0.325 e. The lowest BCUT2D eigenvalue weighted by atomic mass is 9.79. The van der Waals surface area contributed by atoms with Crippen LogP contribution >= 0.6 is 0 Å². The van der Waals surface area contributed by atoms with Crippen molar-refractivity contribution in [1.82, 2.24) is 9.80 Å². The number of nitrogens with zero attached hydrogens (tertiary/aromatic N) is 2. The number of carbonyl (C=O) groups excluding carboxylic acids is 1. The summed E-state index contributed by atoms with van der Waals surface area (Å²) in [5.41, 5.74) is 5.49. The maximum absolute atomic E-state index is 11.9. The van der Waals surface area contributed by atoms with Crippen molar-refractivity contribution in [2.75, 3.05) is 33.8 Å². The number of likely N-dealkylation sites (N-methyl/N-ethyl adjacent to an activating group) is 1. The van der Waals surface area contributed by atoms with Crippen molar-refractivity contribution in [2.24, 2.45) is 5.73 Å². The molecule has 5 nitrogen and oxygen atoms in total. The third kappa shape index (κ3) is 3.09. The average molecular weight is 269 g/mol. The molecule has 0 bridgehead atoms. The zero-order chi connectivity index (χ0) is 14.0. The second-order valence-corrected chi connectivity index (χ2v) is 6.22. The zero-order valence-corrected chi connectivity index (χ0v) is 12.4. The molecule has 0 amide bonds. The number of ether oxygens (including phenoxy) is 1. The van der Waals surface area contributed by atoms with Crippen molar-refractivity contribution in [3.8, 4) is 0 Å². The van der Waals surface area contributed by atoms with Crippen LogP contribution in [-0.4, -0.2) is 67.2 Å². The monoisotopic (exact) mass is 269 g/mol. The summed E-state index contributed by atoms with van der Waals surface area (Å²) in [7, 11) is 3.60. The Kier molecular flexibility index (Phi) is 4.48. The maximum Gasteiger partial charge on any atom is 0.325 e. The fraction of sp³-hybridized carbons (Fsp3) is 0.929. The van der Waals surface area contributed by atoms with E-state index in [0.717, 1.165) is 45.3 Å². The van der Waals surface area contributed by atoms with E-state index >= 15 is 0 Å². The average Bonchev–Trinajstić information content (AvgIpc) is 2.41. The minimum absolute atomic E-state index is 0.251. The number of hydrogen-bond donors (Lipinski definition) is 1. The van der Waals surface area contributed by atoms with E-state index in [0.29, 0.717) is 12.1 Å². The SMILES string of the molecule is COC(=O)C1(N)CCCC(N2CCN(C)C(C)C2)C1. The van der Waals surface area contributed by atoms with Gasteiger partial charge in [0.2, 0.25) is 0 Å². The maximum atomic E-state index is 11.9. The first kappa shape index (κ1) is 14.8. The van der Waals surface area contributed by atoms with Crippen LogP contribution in [0.15, 0.2) is 0 Å². The van der Waals surface area contributed by atoms with Crippen LogP contribution in [0, 0.1) is 0 Å². The number of carbonyl (C=O) groups is 1. The third-order valence-corrected chi connectivity index (χ3v) is 4.86. The van der Waals surface area contributed by atoms with Crippen LogP contribution in [0.2, 0.25) is 0 Å². The van der Waals surface area contributed by atoms with Gasteiger partial charge in [-0.3, -0.25) is 9.69 Å². The Morgan fingerprint density at radius 2 is 2.16 bits per heavy atom. The Hall–Kier alpha value is -0.650. The highest BCUT2D eigenvalue weighted by molar-refractivity contribution is 5.80. The van der Waals surface area contributed by atoms with E-state index in [1.807, 2.05) is 0 Å². The summed E-state index contributed by atoms with van der Waals surface area (Å²) < 4.78 is 4.88. The van der Waals surface area contributed by atoms with E-state index in [1.54, 1.807) is 0 Å². The lowest BCUT2D eigenvalue weighted by molar-refractivity contribution is -0.149. The number of methoxy groups -OCH3 is 1. The number of nitrogens with two attached hydrogens (primary N) is 1. The molecule has 1 aliphatic heterocycles. The second-order valence-electron chi connectivity index (χ2n) is 6.22. The van der Waals surface area contributed by atoms with Crippen molar-refractivity contribution < 1.29 is 9.53 Å². The fourth-order valence-electron chi connectivity index (χ4n) is 3.39. The fourth-order valence-corrected chi connectivity index (χ4v) is 3.39. The van der Waals surface area contributed by atoms with E-state index in [9.17, 15) is 4.79 Å². The quantitative estimate of drug-likeness (QED) is 0.737. The van der Waals surface area contributed by atoms with Crippen LogP contribution in [0.3, 0.4) is 0 Å². The van der Waals surface area contributed by atoms with Gasteiger partial charge in [-0.1, -0.05) is 0 Å². The first-order valence-corrected chi connectivity index (χ1v) is 7.28. The van der Waals surface area contributed by atoms with Gasteiger partial charge in [0.05, 0.1) is 7.11 Å². The Labute approximate surface area is 116 Å². The lowest BCUT2D eigenvalue weighted by Gasteiger charge is -2.46. The molecule has 1 heterocycles. The van der Waals surface area contributed by atoms with Gasteiger partial charge in [-0.2, -0.15) is 0 Å². The molecule has 0 spiro atoms. The summed E-state index contributed by atoms with van der Waals surface area (Å²) in [4.78, 5) is 16.8. The van der Waals surface area contributed by atoms with Gasteiger partial charge in [0, 0.05) is 31.7 Å². The van der Waals surface area contributed by atoms with Crippen LogP contribution in [0.5, 0.6) is 0 Å². The number of rotatable bonds is 2. The lowest BCUT2D eigenvalue weighted by Crippen LogP contribution is -2.59. The minimum Gasteiger partial charge on any atom is -0.468 e. The van der Waals surface area contributed by atoms with Gasteiger partial charge in [-0.25, -0.2) is 0 Å². The number of piperazine rings is 1. The highest BCUT2D eigenvalue weighted by atomic mass is 16.5. The van der Waals surface area contributed by atoms with Gasteiger partial charge in [-0.05, 0) is 39.7 Å². The van der Waals surface area contributed by atoms with E-state index in [2.05, 4.69) is 23.8 Å². The molecule has 1 aliphatic carbocycles. The number of esters is 1. The zero-order valence-electron chi connectivity index (χ0n) is 12.4. The molecule has 2 rings (SSSR count). The Morgan fingerprint density at radius 1 is 1.42 bits per heavy atom. The summed E-state index contributed by atoms with van der Waals surface area (Å²) in [5.74, 6) is -0.251. The topological polar surface area (TPSA) is 58.8 Å². The van der Waals surface area contributed by atoms with Crippen molar-refractivity contribution >= 4 is 5.97 Å². The summed E-state index contributed by atoms with van der Waals surface area (Å²) in [6.45, 7) is 5.49. The van der Waals surface area contributed by atoms with E-state index in [4.69, 9.17) is 10.5 Å². The molecule has 3 atom stereocenters. The standard InChI is InChI=1S/C14H27N3O2/c1-11-10-17(8-7-16(11)2)12-5-4-6-14(15,9-12)13(18)19-3/h11-12H,4-10,15H2,1-3H3. The third-order valence-electron chi connectivity index (χ3n) is 4.86. The molecular formula is C14H27N3O2. The van der Waals surface area contributed by atoms with Crippen LogP contribution < -0.4 is 5.73 Å². The van der Waals surface area contributed by atoms with Gasteiger partial charge in [-0.15, -0.1) is 0 Å². The van der Waals surface area contributed by atoms with Crippen LogP contribution in [0.4, 0.5) is 0 Å². The Morgan fingerprint density at radius 3 is 2.79 bits per heavy atom. The predicted molar refractivity (Wildman–Crippen MR) is 74.9 cm³/mol. The summed E-state index contributed by atoms with van der Waals surface area (Å²) in [6.07, 6.45) is 3.64. The number of hydrogen-bond acceptors (Lipinski definition) is 5. The summed E-state index contributed by atoms with van der Waals surface area (Å²) >= 11 is 0. The predicted octanol–water partition coefficient (Wildman–Crippen LogP) is 0.435. The van der Waals surface area contributed by atoms with Gasteiger partial charge in [0.15, 0.2) is 0 Å². The molecule has 5 heteroatoms. The van der Waals surface area contributed by atoms with Crippen molar-refractivity contribution in [3.63, 3.8) is 0 Å². The van der Waals surface area contributed by atoms with Gasteiger partial charge in [0.1, 0.15) is 5.54 Å². The highest BCUT2D eigenvalue weighted by Crippen LogP contribution is 2.31. The second kappa shape index (κ2) is 5.77. The molecule has 2 N–H and O–H groups in total. The van der Waals surface area contributed by atoms with Crippen molar-refractivity contribution in [3.05, 3.63) is 0 Å². The van der Waals surface area contributed by atoms with Crippen molar-refractivity contribution in [1.29, 1.82) is 0 Å². The highest BCUT2D eigenvalue weighted by Gasteiger charge is 2.42. The Balaban J connectivity index is 1.99. The van der Waals surface area contributed by atoms with Crippen LogP contribution in [-0.2, 0) is 9.53 Å². The molecule has 0 aromatic rings. The van der Waals surface area contributed by atoms with E-state index < -0.39 is 5.54 Å². The van der Waals surface area contributed by atoms with E-state index in [1.165, 1.54) is 7.11 Å². The van der Waals surface area contributed by atoms with Crippen molar-refractivity contribution in [2.45, 2.75) is 50.2 Å². The Bertz CT molecular complexity index is 337. The molecule has 3 unspecified atom stereocenters. The molecule has 1 saturated heterocycles. The molecule has 110 valence electrons. The largest absolute Gasteiger partial charge is 0.468 e. The molecule has 0 radical (unpaired) electrons. The first-order valence-electron chi connectivity index (χ1n) is 7.28. The van der Waals surface area contributed by atoms with E-state index in [-0.39, 0.29) is 5.97 Å². The molecule has 2 fully saturated rings. The van der Waals surface area contributed by atoms with Gasteiger partial charge in [0.25, 0.3) is 0 Å². The summed E-state index contributed by atoms with van der Waals surface area (Å²) in [6, 6.07) is 0.995. The molecule has 19 heavy (non-hydrogen) atoms. The normalized spacial score (nSPS) is 38.1. The first-order chi connectivity index (χ1) is 8.96. The van der Waals surface area contributed by atoms with Gasteiger partial charge >= 0.3 is 5.97 Å². The van der Waals surface area contributed by atoms with Crippen LogP contribution in [0.25, 0.3) is 0 Å². The molecular weight excluding hydrogens is 242 g/mol. The summed E-state index contributed by atoms with van der Waals surface area (Å²) in [5, 5.41) is 0. The minimum atomic E-state index is -0.774. The molecule has 0 aromatic heterocycles. The molecule has 1 saturated carbocycles. The molecule has 2 aliphatic rings.